The summed E-state index contributed by atoms with van der Waals surface area (Å²) in [6, 6.07) is 0.367. The molecule has 1 aromatic carbocycles. The van der Waals surface area contributed by atoms with Crippen LogP contribution in [0, 0.1) is 11.7 Å². The molecule has 0 unspecified atom stereocenters. The fourth-order valence-corrected chi connectivity index (χ4v) is 5.32. The van der Waals surface area contributed by atoms with Gasteiger partial charge >= 0.3 is 6.18 Å². The number of rotatable bonds is 7. The maximum Gasteiger partial charge on any atom is 0.408 e. The number of nitrogens with one attached hydrogen (secondary N) is 1. The molecule has 1 N–H and O–H groups in total. The number of nitrogens with zero attached hydrogens (tertiary/aromatic N) is 1. The van der Waals surface area contributed by atoms with E-state index in [4.69, 9.17) is 0 Å². The molecule has 160 valence electrons. The molecular formula is C20H24F4N2O2S. The highest BCUT2D eigenvalue weighted by Gasteiger charge is 2.48. The summed E-state index contributed by atoms with van der Waals surface area (Å²) >= 11 is 0. The van der Waals surface area contributed by atoms with Gasteiger partial charge in [0.1, 0.15) is 11.9 Å². The van der Waals surface area contributed by atoms with Gasteiger partial charge in [0, 0.05) is 29.2 Å². The smallest absolute Gasteiger partial charge is 0.347 e. The predicted molar refractivity (Wildman–Crippen MR) is 103 cm³/mol. The average molecular weight is 432 g/mol. The molecule has 1 heterocycles. The molecule has 2 fully saturated rings. The van der Waals surface area contributed by atoms with E-state index < -0.39 is 33.3 Å². The highest BCUT2D eigenvalue weighted by molar-refractivity contribution is 7.90. The van der Waals surface area contributed by atoms with Crippen molar-refractivity contribution in [3.05, 3.63) is 35.3 Å². The number of hydrogen-bond donors (Lipinski definition) is 1. The number of aromatic nitrogens is 1. The molecular weight excluding hydrogens is 408 g/mol. The Labute approximate surface area is 167 Å². The second-order valence-electron chi connectivity index (χ2n) is 8.63. The molecule has 0 radical (unpaired) electrons. The summed E-state index contributed by atoms with van der Waals surface area (Å²) in [7, 11) is -4.09. The summed E-state index contributed by atoms with van der Waals surface area (Å²) in [4.78, 5) is 0. The molecule has 0 bridgehead atoms. The minimum atomic E-state index is -4.84. The monoisotopic (exact) mass is 432 g/mol. The predicted octanol–water partition coefficient (Wildman–Crippen LogP) is 5.00. The van der Waals surface area contributed by atoms with E-state index >= 15 is 0 Å². The van der Waals surface area contributed by atoms with Crippen LogP contribution in [-0.4, -0.2) is 24.4 Å². The van der Waals surface area contributed by atoms with Gasteiger partial charge in [0.2, 0.25) is 10.0 Å². The molecule has 0 aliphatic heterocycles. The van der Waals surface area contributed by atoms with E-state index in [0.717, 1.165) is 18.9 Å². The van der Waals surface area contributed by atoms with Gasteiger partial charge in [-0.1, -0.05) is 13.8 Å². The second-order valence-corrected chi connectivity index (χ2v) is 10.6. The van der Waals surface area contributed by atoms with Crippen molar-refractivity contribution in [1.82, 2.24) is 9.29 Å². The highest BCUT2D eigenvalue weighted by atomic mass is 32.2. The zero-order valence-electron chi connectivity index (χ0n) is 16.3. The number of alkyl halides is 3. The van der Waals surface area contributed by atoms with E-state index in [9.17, 15) is 26.0 Å². The van der Waals surface area contributed by atoms with Crippen LogP contribution < -0.4 is 4.72 Å². The quantitative estimate of drug-likeness (QED) is 0.626. The first-order valence-electron chi connectivity index (χ1n) is 9.87. The lowest BCUT2D eigenvalue weighted by Gasteiger charge is -2.21. The van der Waals surface area contributed by atoms with Gasteiger partial charge in [-0.2, -0.15) is 17.9 Å². The fraction of sp³-hybridized carbons (Fsp3) is 0.600. The standard InChI is InChI=1S/C20H24F4N2O2S/c1-11(2)9-26-10-16(15-7-17(21)14(8-18(15)26)12-3-4-12)19(20(22,23)24)25-29(27,28)13-5-6-13/h7-8,10-13,19,25H,3-6,9H2,1-2H3/t19-/m0/s1. The van der Waals surface area contributed by atoms with E-state index in [-0.39, 0.29) is 22.8 Å². The Kier molecular flexibility index (Phi) is 4.97. The van der Waals surface area contributed by atoms with Gasteiger partial charge in [-0.05, 0) is 55.2 Å². The van der Waals surface area contributed by atoms with Crippen molar-refractivity contribution < 1.29 is 26.0 Å². The van der Waals surface area contributed by atoms with Crippen LogP contribution in [0.15, 0.2) is 18.3 Å². The molecule has 1 atom stereocenters. The Balaban J connectivity index is 1.86. The van der Waals surface area contributed by atoms with Gasteiger partial charge in [-0.15, -0.1) is 0 Å². The first-order valence-corrected chi connectivity index (χ1v) is 11.4. The van der Waals surface area contributed by atoms with Crippen LogP contribution in [0.2, 0.25) is 0 Å². The summed E-state index contributed by atoms with van der Waals surface area (Å²) in [5.41, 5.74) is 0.782. The van der Waals surface area contributed by atoms with Crippen LogP contribution >= 0.6 is 0 Å². The topological polar surface area (TPSA) is 51.1 Å². The van der Waals surface area contributed by atoms with Crippen molar-refractivity contribution in [1.29, 1.82) is 0 Å². The third-order valence-electron chi connectivity index (χ3n) is 5.49. The fourth-order valence-electron chi connectivity index (χ4n) is 3.78. The average Bonchev–Trinajstić information content (AvgIpc) is 3.48. The van der Waals surface area contributed by atoms with Crippen molar-refractivity contribution in [2.24, 2.45) is 5.92 Å². The van der Waals surface area contributed by atoms with Gasteiger partial charge in [-0.3, -0.25) is 0 Å². The Morgan fingerprint density at radius 3 is 2.34 bits per heavy atom. The van der Waals surface area contributed by atoms with Crippen molar-refractivity contribution in [2.45, 2.75) is 69.5 Å². The largest absolute Gasteiger partial charge is 0.408 e. The molecule has 2 aliphatic rings. The number of fused-ring (bicyclic) bond motifs is 1. The van der Waals surface area contributed by atoms with Crippen molar-refractivity contribution >= 4 is 20.9 Å². The molecule has 2 aromatic rings. The number of benzene rings is 1. The first-order chi connectivity index (χ1) is 13.5. The molecule has 2 saturated carbocycles. The van der Waals surface area contributed by atoms with Gasteiger partial charge in [-0.25, -0.2) is 12.8 Å². The maximum absolute atomic E-state index is 14.7. The highest BCUT2D eigenvalue weighted by Crippen LogP contribution is 2.45. The Morgan fingerprint density at radius 1 is 1.17 bits per heavy atom. The van der Waals surface area contributed by atoms with Gasteiger partial charge < -0.3 is 4.57 Å². The lowest BCUT2D eigenvalue weighted by Crippen LogP contribution is -2.39. The van der Waals surface area contributed by atoms with Gasteiger partial charge in [0.15, 0.2) is 0 Å². The third-order valence-corrected chi connectivity index (χ3v) is 7.41. The van der Waals surface area contributed by atoms with Crippen LogP contribution in [0.5, 0.6) is 0 Å². The number of halogens is 4. The normalized spacial score (nSPS) is 19.3. The molecule has 0 spiro atoms. The molecule has 9 heteroatoms. The lowest BCUT2D eigenvalue weighted by molar-refractivity contribution is -0.152. The third kappa shape index (κ3) is 4.17. The van der Waals surface area contributed by atoms with E-state index in [2.05, 4.69) is 0 Å². The van der Waals surface area contributed by atoms with Crippen molar-refractivity contribution in [3.8, 4) is 0 Å². The lowest BCUT2D eigenvalue weighted by atomic mass is 10.0. The molecule has 2 aliphatic carbocycles. The Morgan fingerprint density at radius 2 is 1.83 bits per heavy atom. The summed E-state index contributed by atoms with van der Waals surface area (Å²) in [5, 5.41) is -0.678. The van der Waals surface area contributed by atoms with Gasteiger partial charge in [0.25, 0.3) is 0 Å². The van der Waals surface area contributed by atoms with E-state index in [0.29, 0.717) is 30.5 Å². The molecule has 0 saturated heterocycles. The SMILES string of the molecule is CC(C)Cn1cc([C@H](NS(=O)(=O)C2CC2)C(F)(F)F)c2cc(F)c(C3CC3)cc21. The van der Waals surface area contributed by atoms with Crippen molar-refractivity contribution in [3.63, 3.8) is 0 Å². The van der Waals surface area contributed by atoms with Crippen LogP contribution in [0.25, 0.3) is 10.9 Å². The number of sulfonamides is 1. The zero-order valence-corrected chi connectivity index (χ0v) is 17.1. The van der Waals surface area contributed by atoms with E-state index in [1.165, 1.54) is 6.20 Å². The molecule has 29 heavy (non-hydrogen) atoms. The maximum atomic E-state index is 14.7. The minimum Gasteiger partial charge on any atom is -0.347 e. The van der Waals surface area contributed by atoms with Crippen LogP contribution in [0.4, 0.5) is 17.6 Å². The second kappa shape index (κ2) is 6.97. The van der Waals surface area contributed by atoms with Crippen molar-refractivity contribution in [2.75, 3.05) is 0 Å². The van der Waals surface area contributed by atoms with Gasteiger partial charge in [0.05, 0.1) is 5.25 Å². The summed E-state index contributed by atoms with van der Waals surface area (Å²) in [6.45, 7) is 4.33. The summed E-state index contributed by atoms with van der Waals surface area (Å²) in [6.07, 6.45) is -1.07. The molecule has 4 rings (SSSR count). The van der Waals surface area contributed by atoms with Crippen LogP contribution in [0.1, 0.15) is 62.6 Å². The zero-order chi connectivity index (χ0) is 21.1. The van der Waals surface area contributed by atoms with E-state index in [1.54, 1.807) is 10.6 Å². The Hall–Kier alpha value is -1.61. The van der Waals surface area contributed by atoms with Crippen LogP contribution in [0.3, 0.4) is 0 Å². The molecule has 0 amide bonds. The summed E-state index contributed by atoms with van der Waals surface area (Å²) in [5.74, 6) is -0.271. The molecule has 1 aromatic heterocycles. The number of hydrogen-bond acceptors (Lipinski definition) is 2. The van der Waals surface area contributed by atoms with E-state index in [1.807, 2.05) is 18.6 Å². The van der Waals surface area contributed by atoms with Crippen LogP contribution in [-0.2, 0) is 16.6 Å². The molecule has 4 nitrogen and oxygen atoms in total. The summed E-state index contributed by atoms with van der Waals surface area (Å²) < 4.78 is 84.5. The first kappa shape index (κ1) is 20.7. The Bertz CT molecular complexity index is 1030. The minimum absolute atomic E-state index is 0.105.